The summed E-state index contributed by atoms with van der Waals surface area (Å²) in [6, 6.07) is 0. The van der Waals surface area contributed by atoms with E-state index in [2.05, 4.69) is 0 Å². The van der Waals surface area contributed by atoms with Crippen molar-refractivity contribution in [2.24, 2.45) is 11.8 Å². The van der Waals surface area contributed by atoms with Gasteiger partial charge in [0.25, 0.3) is 0 Å². The summed E-state index contributed by atoms with van der Waals surface area (Å²) in [4.78, 5) is 0. The molecule has 0 aromatic carbocycles. The summed E-state index contributed by atoms with van der Waals surface area (Å²) >= 11 is 0. The maximum absolute atomic E-state index is 7.00. The van der Waals surface area contributed by atoms with E-state index in [0.717, 1.165) is 14.2 Å². The predicted molar refractivity (Wildman–Crippen MR) is 46.4 cm³/mol. The number of hydrogen-bond acceptors (Lipinski definition) is 2. The molecule has 0 aliphatic heterocycles. The zero-order valence-corrected chi connectivity index (χ0v) is 7.58. The molecule has 2 fully saturated rings. The second-order valence-electron chi connectivity index (χ2n) is 3.12. The minimum atomic E-state index is 1.00. The molecule has 2 rings (SSSR count). The molecule has 2 aliphatic carbocycles. The van der Waals surface area contributed by atoms with Crippen molar-refractivity contribution in [2.45, 2.75) is 32.1 Å². The van der Waals surface area contributed by atoms with Gasteiger partial charge in [-0.2, -0.15) is 0 Å². The van der Waals surface area contributed by atoms with Crippen molar-refractivity contribution in [1.82, 2.24) is 0 Å². The molecule has 2 nitrogen and oxygen atoms in total. The number of aliphatic hydroxyl groups is 2. The van der Waals surface area contributed by atoms with Crippen LogP contribution in [0, 0.1) is 11.8 Å². The third kappa shape index (κ3) is 3.21. The van der Waals surface area contributed by atoms with Crippen molar-refractivity contribution in [1.29, 1.82) is 0 Å². The van der Waals surface area contributed by atoms with Gasteiger partial charge in [0.15, 0.2) is 0 Å². The molecule has 0 heterocycles. The van der Waals surface area contributed by atoms with E-state index in [1.807, 2.05) is 0 Å². The van der Waals surface area contributed by atoms with Crippen LogP contribution in [0.5, 0.6) is 0 Å². The van der Waals surface area contributed by atoms with Crippen LogP contribution in [0.3, 0.4) is 0 Å². The monoisotopic (exact) mass is 160 g/mol. The SMILES string of the molecule is C1CC2CCC1C2.CO.CO. The van der Waals surface area contributed by atoms with Crippen molar-refractivity contribution < 1.29 is 10.2 Å². The first-order valence-corrected chi connectivity index (χ1v) is 4.34. The molecule has 2 heteroatoms. The quantitative estimate of drug-likeness (QED) is 0.562. The van der Waals surface area contributed by atoms with Gasteiger partial charge in [0.05, 0.1) is 0 Å². The molecule has 0 atom stereocenters. The summed E-state index contributed by atoms with van der Waals surface area (Å²) in [5, 5.41) is 14.0. The fourth-order valence-electron chi connectivity index (χ4n) is 2.17. The highest BCUT2D eigenvalue weighted by Gasteiger charge is 2.30. The first-order valence-electron chi connectivity index (χ1n) is 4.34. The van der Waals surface area contributed by atoms with Crippen molar-refractivity contribution in [3.8, 4) is 0 Å². The van der Waals surface area contributed by atoms with Gasteiger partial charge in [0.2, 0.25) is 0 Å². The predicted octanol–water partition coefficient (Wildman–Crippen LogP) is 1.41. The highest BCUT2D eigenvalue weighted by atomic mass is 16.2. The van der Waals surface area contributed by atoms with Gasteiger partial charge in [-0.15, -0.1) is 0 Å². The first kappa shape index (κ1) is 10.9. The van der Waals surface area contributed by atoms with Crippen LogP contribution in [0.15, 0.2) is 0 Å². The average molecular weight is 160 g/mol. The number of hydrogen-bond donors (Lipinski definition) is 2. The van der Waals surface area contributed by atoms with Crippen LogP contribution in [0.4, 0.5) is 0 Å². The molecule has 0 amide bonds. The van der Waals surface area contributed by atoms with Crippen molar-refractivity contribution in [3.63, 3.8) is 0 Å². The van der Waals surface area contributed by atoms with E-state index in [-0.39, 0.29) is 0 Å². The van der Waals surface area contributed by atoms with Gasteiger partial charge in [-0.1, -0.05) is 25.7 Å². The lowest BCUT2D eigenvalue weighted by Gasteiger charge is -2.05. The van der Waals surface area contributed by atoms with Gasteiger partial charge < -0.3 is 10.2 Å². The second kappa shape index (κ2) is 6.62. The zero-order chi connectivity index (χ0) is 8.69. The Kier molecular flexibility index (Phi) is 6.57. The van der Waals surface area contributed by atoms with Crippen LogP contribution in [-0.4, -0.2) is 24.4 Å². The number of aliphatic hydroxyl groups excluding tert-OH is 2. The molecule has 0 unspecified atom stereocenters. The zero-order valence-electron chi connectivity index (χ0n) is 7.58. The second-order valence-corrected chi connectivity index (χ2v) is 3.12. The molecule has 0 aromatic rings. The molecule has 68 valence electrons. The Morgan fingerprint density at radius 2 is 1.00 bits per heavy atom. The molecule has 0 spiro atoms. The summed E-state index contributed by atoms with van der Waals surface area (Å²) in [5.74, 6) is 2.34. The van der Waals surface area contributed by atoms with Gasteiger partial charge in [0, 0.05) is 14.2 Å². The minimum absolute atomic E-state index is 1.00. The summed E-state index contributed by atoms with van der Waals surface area (Å²) in [6.07, 6.45) is 7.82. The highest BCUT2D eigenvalue weighted by Crippen LogP contribution is 2.43. The van der Waals surface area contributed by atoms with Gasteiger partial charge in [0.1, 0.15) is 0 Å². The Bertz CT molecular complexity index is 65.6. The van der Waals surface area contributed by atoms with E-state index in [1.165, 1.54) is 11.8 Å². The number of fused-ring (bicyclic) bond motifs is 2. The van der Waals surface area contributed by atoms with Crippen LogP contribution in [0.2, 0.25) is 0 Å². The third-order valence-corrected chi connectivity index (χ3v) is 2.63. The van der Waals surface area contributed by atoms with Crippen LogP contribution >= 0.6 is 0 Å². The Morgan fingerprint density at radius 1 is 0.727 bits per heavy atom. The summed E-state index contributed by atoms with van der Waals surface area (Å²) in [7, 11) is 2.00. The van der Waals surface area contributed by atoms with E-state index in [1.54, 1.807) is 32.1 Å². The lowest BCUT2D eigenvalue weighted by Crippen LogP contribution is -1.90. The lowest BCUT2D eigenvalue weighted by atomic mass is 10.0. The maximum atomic E-state index is 7.00. The molecule has 0 saturated heterocycles. The van der Waals surface area contributed by atoms with Crippen LogP contribution in [0.1, 0.15) is 32.1 Å². The Balaban J connectivity index is 0.000000222. The maximum Gasteiger partial charge on any atom is 0.0319 e. The van der Waals surface area contributed by atoms with Crippen LogP contribution < -0.4 is 0 Å². The van der Waals surface area contributed by atoms with Gasteiger partial charge in [-0.25, -0.2) is 0 Å². The van der Waals surface area contributed by atoms with E-state index in [4.69, 9.17) is 10.2 Å². The summed E-state index contributed by atoms with van der Waals surface area (Å²) in [5.41, 5.74) is 0. The lowest BCUT2D eigenvalue weighted by molar-refractivity contribution is 0.399. The molecule has 2 bridgehead atoms. The van der Waals surface area contributed by atoms with Crippen molar-refractivity contribution in [2.75, 3.05) is 14.2 Å². The molecule has 0 aromatic heterocycles. The highest BCUT2D eigenvalue weighted by molar-refractivity contribution is 4.82. The van der Waals surface area contributed by atoms with Crippen LogP contribution in [-0.2, 0) is 0 Å². The van der Waals surface area contributed by atoms with Crippen LogP contribution in [0.25, 0.3) is 0 Å². The standard InChI is InChI=1S/C7H12.2CH4O/c1-2-7-4-3-6(1)5-7;2*1-2/h6-7H,1-5H2;2*2H,1H3. The van der Waals surface area contributed by atoms with E-state index < -0.39 is 0 Å². The topological polar surface area (TPSA) is 40.5 Å². The van der Waals surface area contributed by atoms with E-state index in [0.29, 0.717) is 0 Å². The van der Waals surface area contributed by atoms with Gasteiger partial charge >= 0.3 is 0 Å². The Labute approximate surface area is 69.2 Å². The van der Waals surface area contributed by atoms with Gasteiger partial charge in [-0.05, 0) is 18.3 Å². The molecular formula is C9H20O2. The molecule has 2 aliphatic rings. The fourth-order valence-corrected chi connectivity index (χ4v) is 2.17. The molecule has 0 radical (unpaired) electrons. The number of rotatable bonds is 0. The van der Waals surface area contributed by atoms with E-state index >= 15 is 0 Å². The minimum Gasteiger partial charge on any atom is -0.400 e. The van der Waals surface area contributed by atoms with E-state index in [9.17, 15) is 0 Å². The van der Waals surface area contributed by atoms with Gasteiger partial charge in [-0.3, -0.25) is 0 Å². The summed E-state index contributed by atoms with van der Waals surface area (Å²) in [6.45, 7) is 0. The normalized spacial score (nSPS) is 31.6. The molecular weight excluding hydrogens is 140 g/mol. The molecule has 11 heavy (non-hydrogen) atoms. The summed E-state index contributed by atoms with van der Waals surface area (Å²) < 4.78 is 0. The largest absolute Gasteiger partial charge is 0.400 e. The first-order chi connectivity index (χ1) is 5.45. The fraction of sp³-hybridized carbons (Fsp3) is 1.00. The average Bonchev–Trinajstić information content (AvgIpc) is 2.74. The third-order valence-electron chi connectivity index (χ3n) is 2.63. The Morgan fingerprint density at radius 3 is 1.09 bits per heavy atom. The molecule has 2 N–H and O–H groups in total. The van der Waals surface area contributed by atoms with Crippen molar-refractivity contribution >= 4 is 0 Å². The Hall–Kier alpha value is -0.0800. The molecule has 2 saturated carbocycles. The van der Waals surface area contributed by atoms with Crippen molar-refractivity contribution in [3.05, 3.63) is 0 Å². The smallest absolute Gasteiger partial charge is 0.0319 e.